The minimum Gasteiger partial charge on any atom is -0.333 e. The highest BCUT2D eigenvalue weighted by atomic mass is 32.1. The van der Waals surface area contributed by atoms with E-state index in [0.717, 1.165) is 17.1 Å². The van der Waals surface area contributed by atoms with Gasteiger partial charge in [-0.05, 0) is 19.1 Å². The van der Waals surface area contributed by atoms with E-state index in [1.807, 2.05) is 25.2 Å². The van der Waals surface area contributed by atoms with Gasteiger partial charge < -0.3 is 4.57 Å². The molecular weight excluding hydrogens is 240 g/mol. The molecule has 18 heavy (non-hydrogen) atoms. The molecule has 0 atom stereocenters. The molecule has 0 N–H and O–H groups in total. The lowest BCUT2D eigenvalue weighted by Crippen LogP contribution is -1.89. The molecule has 3 rings (SSSR count). The summed E-state index contributed by atoms with van der Waals surface area (Å²) in [5.74, 6) is 1.01. The van der Waals surface area contributed by atoms with Gasteiger partial charge in [0.2, 0.25) is 0 Å². The molecule has 0 unspecified atom stereocenters. The molecule has 3 aromatic rings. The smallest absolute Gasteiger partial charge is 0.140 e. The van der Waals surface area contributed by atoms with E-state index in [0.29, 0.717) is 0 Å². The maximum absolute atomic E-state index is 4.74. The van der Waals surface area contributed by atoms with Crippen molar-refractivity contribution in [2.24, 2.45) is 7.05 Å². The summed E-state index contributed by atoms with van der Waals surface area (Å²) in [4.78, 5) is 7.28. The van der Waals surface area contributed by atoms with Crippen molar-refractivity contribution in [3.05, 3.63) is 53.5 Å². The third-order valence-electron chi connectivity index (χ3n) is 2.90. The molecule has 0 bridgehead atoms. The fraction of sp³-hybridized carbons (Fsp3) is 0.133. The Bertz CT molecular complexity index is 665. The van der Waals surface area contributed by atoms with Crippen LogP contribution in [-0.4, -0.2) is 9.55 Å². The van der Waals surface area contributed by atoms with Crippen LogP contribution in [0.25, 0.3) is 22.0 Å². The van der Waals surface area contributed by atoms with Crippen LogP contribution in [0, 0.1) is 6.92 Å². The molecular formula is C15H14N2S. The predicted molar refractivity (Wildman–Crippen MR) is 76.7 cm³/mol. The number of thiophene rings is 1. The monoisotopic (exact) mass is 254 g/mol. The van der Waals surface area contributed by atoms with Gasteiger partial charge in [-0.15, -0.1) is 11.3 Å². The van der Waals surface area contributed by atoms with E-state index in [9.17, 15) is 0 Å². The van der Waals surface area contributed by atoms with Gasteiger partial charge in [0, 0.05) is 23.7 Å². The maximum atomic E-state index is 4.74. The molecule has 0 saturated heterocycles. The van der Waals surface area contributed by atoms with Crippen LogP contribution in [0.5, 0.6) is 0 Å². The van der Waals surface area contributed by atoms with Gasteiger partial charge >= 0.3 is 0 Å². The van der Waals surface area contributed by atoms with Crippen molar-refractivity contribution < 1.29 is 0 Å². The van der Waals surface area contributed by atoms with Gasteiger partial charge in [0.05, 0.1) is 10.6 Å². The molecule has 0 spiro atoms. The lowest BCUT2D eigenvalue weighted by molar-refractivity contribution is 0.925. The highest BCUT2D eigenvalue weighted by Gasteiger charge is 2.10. The predicted octanol–water partition coefficient (Wildman–Crippen LogP) is 4.12. The Labute approximate surface area is 111 Å². The Balaban J connectivity index is 2.06. The average Bonchev–Trinajstić information content (AvgIpc) is 2.97. The molecule has 1 aromatic carbocycles. The highest BCUT2D eigenvalue weighted by molar-refractivity contribution is 7.15. The van der Waals surface area contributed by atoms with E-state index in [1.165, 1.54) is 9.75 Å². The fourth-order valence-corrected chi connectivity index (χ4v) is 2.83. The summed E-state index contributed by atoms with van der Waals surface area (Å²) in [7, 11) is 2.04. The van der Waals surface area contributed by atoms with Crippen LogP contribution < -0.4 is 0 Å². The van der Waals surface area contributed by atoms with Crippen molar-refractivity contribution in [1.29, 1.82) is 0 Å². The van der Waals surface area contributed by atoms with Crippen LogP contribution in [0.3, 0.4) is 0 Å². The summed E-state index contributed by atoms with van der Waals surface area (Å²) in [6.07, 6.45) is 2.09. The number of aromatic nitrogens is 2. The Morgan fingerprint density at radius 3 is 2.50 bits per heavy atom. The van der Waals surface area contributed by atoms with E-state index < -0.39 is 0 Å². The van der Waals surface area contributed by atoms with Crippen molar-refractivity contribution in [3.63, 3.8) is 0 Å². The molecule has 2 nitrogen and oxygen atoms in total. The Kier molecular flexibility index (Phi) is 2.76. The van der Waals surface area contributed by atoms with Gasteiger partial charge in [0.25, 0.3) is 0 Å². The second kappa shape index (κ2) is 4.42. The maximum Gasteiger partial charge on any atom is 0.140 e. The summed E-state index contributed by atoms with van der Waals surface area (Å²) in [5.41, 5.74) is 2.20. The zero-order valence-corrected chi connectivity index (χ0v) is 11.2. The first-order chi connectivity index (χ1) is 8.74. The number of benzene rings is 1. The number of hydrogen-bond acceptors (Lipinski definition) is 2. The number of aryl methyl sites for hydroxylation is 2. The van der Waals surface area contributed by atoms with E-state index in [1.54, 1.807) is 11.3 Å². The Morgan fingerprint density at radius 1 is 1.06 bits per heavy atom. The van der Waals surface area contributed by atoms with Crippen molar-refractivity contribution in [1.82, 2.24) is 9.55 Å². The third kappa shape index (κ3) is 1.97. The summed E-state index contributed by atoms with van der Waals surface area (Å²) in [5, 5.41) is 0. The van der Waals surface area contributed by atoms with Gasteiger partial charge in [0.1, 0.15) is 5.82 Å². The standard InChI is InChI=1S/C15H14N2S/c1-11-8-9-14(18-11)13-10-17(2)15(16-13)12-6-4-3-5-7-12/h3-10H,1-2H3. The zero-order valence-electron chi connectivity index (χ0n) is 10.4. The summed E-state index contributed by atoms with van der Waals surface area (Å²) < 4.78 is 2.08. The molecule has 0 aliphatic rings. The fourth-order valence-electron chi connectivity index (χ4n) is 2.01. The van der Waals surface area contributed by atoms with Crippen LogP contribution in [0.2, 0.25) is 0 Å². The minimum atomic E-state index is 1.01. The number of rotatable bonds is 2. The normalized spacial score (nSPS) is 10.8. The van der Waals surface area contributed by atoms with E-state index in [2.05, 4.69) is 42.0 Å². The molecule has 0 aliphatic carbocycles. The third-order valence-corrected chi connectivity index (χ3v) is 3.92. The van der Waals surface area contributed by atoms with Crippen LogP contribution in [-0.2, 0) is 7.05 Å². The largest absolute Gasteiger partial charge is 0.333 e. The van der Waals surface area contributed by atoms with E-state index in [4.69, 9.17) is 4.98 Å². The number of nitrogens with zero attached hydrogens (tertiary/aromatic N) is 2. The first-order valence-electron chi connectivity index (χ1n) is 5.89. The highest BCUT2D eigenvalue weighted by Crippen LogP contribution is 2.29. The van der Waals surface area contributed by atoms with Gasteiger partial charge in [-0.3, -0.25) is 0 Å². The Morgan fingerprint density at radius 2 is 1.83 bits per heavy atom. The van der Waals surface area contributed by atoms with Crippen molar-refractivity contribution in [2.45, 2.75) is 6.92 Å². The van der Waals surface area contributed by atoms with Crippen molar-refractivity contribution in [3.8, 4) is 22.0 Å². The SMILES string of the molecule is Cc1ccc(-c2cn(C)c(-c3ccccc3)n2)s1. The molecule has 2 aromatic heterocycles. The molecule has 0 amide bonds. The lowest BCUT2D eigenvalue weighted by Gasteiger charge is -1.99. The van der Waals surface area contributed by atoms with Gasteiger partial charge in [-0.2, -0.15) is 0 Å². The van der Waals surface area contributed by atoms with Gasteiger partial charge in [0.15, 0.2) is 0 Å². The van der Waals surface area contributed by atoms with Crippen molar-refractivity contribution >= 4 is 11.3 Å². The summed E-state index contributed by atoms with van der Waals surface area (Å²) >= 11 is 1.78. The molecule has 2 heterocycles. The molecule has 3 heteroatoms. The molecule has 0 radical (unpaired) electrons. The summed E-state index contributed by atoms with van der Waals surface area (Å²) in [6, 6.07) is 14.6. The first-order valence-corrected chi connectivity index (χ1v) is 6.71. The first kappa shape index (κ1) is 11.2. The van der Waals surface area contributed by atoms with Gasteiger partial charge in [-0.25, -0.2) is 4.98 Å². The number of imidazole rings is 1. The second-order valence-corrected chi connectivity index (χ2v) is 5.62. The van der Waals surface area contributed by atoms with Crippen LogP contribution in [0.15, 0.2) is 48.7 Å². The topological polar surface area (TPSA) is 17.8 Å². The van der Waals surface area contributed by atoms with Crippen LogP contribution in [0.1, 0.15) is 4.88 Å². The van der Waals surface area contributed by atoms with Crippen molar-refractivity contribution in [2.75, 3.05) is 0 Å². The summed E-state index contributed by atoms with van der Waals surface area (Å²) in [6.45, 7) is 2.12. The molecule has 0 saturated carbocycles. The van der Waals surface area contributed by atoms with E-state index >= 15 is 0 Å². The Hall–Kier alpha value is -1.87. The number of hydrogen-bond donors (Lipinski definition) is 0. The van der Waals surface area contributed by atoms with Crippen LogP contribution >= 0.6 is 11.3 Å². The molecule has 90 valence electrons. The zero-order chi connectivity index (χ0) is 12.5. The second-order valence-electron chi connectivity index (χ2n) is 4.34. The minimum absolute atomic E-state index is 1.01. The average molecular weight is 254 g/mol. The van der Waals surface area contributed by atoms with Crippen LogP contribution in [0.4, 0.5) is 0 Å². The van der Waals surface area contributed by atoms with E-state index in [-0.39, 0.29) is 0 Å². The van der Waals surface area contributed by atoms with Gasteiger partial charge in [-0.1, -0.05) is 30.3 Å². The quantitative estimate of drug-likeness (QED) is 0.672. The molecule has 0 fully saturated rings. The molecule has 0 aliphatic heterocycles. The lowest BCUT2D eigenvalue weighted by atomic mass is 10.2.